The van der Waals surface area contributed by atoms with Crippen LogP contribution in [0.1, 0.15) is 12.8 Å². The molecule has 33 heavy (non-hydrogen) atoms. The Bertz CT molecular complexity index is 878. The summed E-state index contributed by atoms with van der Waals surface area (Å²) in [7, 11) is 0. The number of hydrogen-bond donors (Lipinski definition) is 1. The van der Waals surface area contributed by atoms with E-state index in [9.17, 15) is 39.3 Å². The van der Waals surface area contributed by atoms with E-state index in [1.165, 1.54) is 6.08 Å². The summed E-state index contributed by atoms with van der Waals surface area (Å²) in [6.45, 7) is 5.41. The number of carboxylic acids is 3. The van der Waals surface area contributed by atoms with Crippen LogP contribution in [0.3, 0.4) is 0 Å². The van der Waals surface area contributed by atoms with Crippen LogP contribution in [-0.4, -0.2) is 94.2 Å². The number of carboxylic acid groups (broad SMARTS) is 3. The van der Waals surface area contributed by atoms with Crippen LogP contribution in [0.15, 0.2) is 23.2 Å². The molecule has 4 rings (SSSR count). The molecule has 0 aromatic rings. The van der Waals surface area contributed by atoms with Gasteiger partial charge in [-0.3, -0.25) is 9.59 Å². The van der Waals surface area contributed by atoms with Crippen molar-refractivity contribution in [2.24, 2.45) is 0 Å². The Hall–Kier alpha value is -0.410. The summed E-state index contributed by atoms with van der Waals surface area (Å²) < 4.78 is 0. The Kier molecular flexibility index (Phi) is 12.9. The van der Waals surface area contributed by atoms with Gasteiger partial charge in [-0.15, -0.1) is 0 Å². The monoisotopic (exact) mass is 489 g/mol. The molecule has 0 bridgehead atoms. The molecular weight excluding hydrogens is 471 g/mol. The third-order valence-electron chi connectivity index (χ3n) is 4.74. The van der Waals surface area contributed by atoms with Gasteiger partial charge in [-0.25, -0.2) is 0 Å². The van der Waals surface area contributed by atoms with Crippen LogP contribution in [0, 0.1) is 0 Å². The van der Waals surface area contributed by atoms with Crippen molar-refractivity contribution in [3.05, 3.63) is 23.2 Å². The number of carbonyl (C=O) groups excluding carboxylic acids is 5. The zero-order valence-electron chi connectivity index (χ0n) is 18.8. The molecule has 0 aromatic heterocycles. The normalized spacial score (nSPS) is 18.0. The number of nitrogens with zero attached hydrogens (tertiary/aromatic N) is 3. The molecule has 15 heteroatoms. The van der Waals surface area contributed by atoms with Crippen molar-refractivity contribution in [3.63, 3.8) is 0 Å². The van der Waals surface area contributed by atoms with E-state index < -0.39 is 36.4 Å². The van der Waals surface area contributed by atoms with E-state index in [4.69, 9.17) is 5.11 Å². The Morgan fingerprint density at radius 2 is 1.18 bits per heavy atom. The topological polar surface area (TPSA) is 184 Å². The number of carbonyl (C=O) groups is 5. The fraction of sp³-hybridized carbons (Fsp3) is 0.500. The van der Waals surface area contributed by atoms with E-state index in [1.807, 2.05) is 14.7 Å². The molecule has 12 nitrogen and oxygen atoms in total. The van der Waals surface area contributed by atoms with Crippen molar-refractivity contribution >= 4 is 29.5 Å². The molecule has 0 spiro atoms. The maximum absolute atomic E-state index is 12.4. The molecule has 3 fully saturated rings. The standard InChI is InChI=1S/C12H13N3O2.C6H8O7.3Na/c16-9-7-8(13-1-2-13)12(17)11(15-5-6-15)10(9)14-3-4-14;7-3(8)1-6(13,5(11)12)2-4(9)10;;;/h7H,1-6H2;13H,1-2H2,(H,7,8)(H,9,10)(H,11,12);;;/q;;3*+1/p-3. The molecule has 0 radical (unpaired) electrons. The Labute approximate surface area is 255 Å². The smallest absolute Gasteiger partial charge is 0.550 e. The first-order chi connectivity index (χ1) is 14.0. The summed E-state index contributed by atoms with van der Waals surface area (Å²) in [5.41, 5.74) is -1.09. The van der Waals surface area contributed by atoms with Gasteiger partial charge >= 0.3 is 88.7 Å². The van der Waals surface area contributed by atoms with Gasteiger partial charge in [0.2, 0.25) is 11.6 Å². The Morgan fingerprint density at radius 1 is 0.788 bits per heavy atom. The Morgan fingerprint density at radius 3 is 1.52 bits per heavy atom. The minimum absolute atomic E-state index is 0. The van der Waals surface area contributed by atoms with E-state index >= 15 is 0 Å². The van der Waals surface area contributed by atoms with Crippen molar-refractivity contribution < 1.29 is 133 Å². The summed E-state index contributed by atoms with van der Waals surface area (Å²) in [5, 5.41) is 38.9. The molecule has 162 valence electrons. The first kappa shape index (κ1) is 32.6. The van der Waals surface area contributed by atoms with Gasteiger partial charge in [-0.2, -0.15) is 0 Å². The van der Waals surface area contributed by atoms with Gasteiger partial charge in [-0.05, 0) is 0 Å². The quantitative estimate of drug-likeness (QED) is 0.193. The van der Waals surface area contributed by atoms with Gasteiger partial charge in [0.25, 0.3) is 0 Å². The number of ketones is 2. The summed E-state index contributed by atoms with van der Waals surface area (Å²) in [5.74, 6) is -5.94. The average Bonchev–Trinajstić information content (AvgIpc) is 3.46. The van der Waals surface area contributed by atoms with Crippen LogP contribution in [0.2, 0.25) is 0 Å². The number of aliphatic carboxylic acids is 3. The fourth-order valence-corrected chi connectivity index (χ4v) is 2.96. The van der Waals surface area contributed by atoms with E-state index in [2.05, 4.69) is 0 Å². The van der Waals surface area contributed by atoms with Crippen molar-refractivity contribution in [2.45, 2.75) is 18.4 Å². The number of aliphatic hydroxyl groups is 1. The van der Waals surface area contributed by atoms with E-state index in [0.29, 0.717) is 17.1 Å². The third-order valence-corrected chi connectivity index (χ3v) is 4.74. The first-order valence-corrected chi connectivity index (χ1v) is 9.17. The molecule has 0 unspecified atom stereocenters. The summed E-state index contributed by atoms with van der Waals surface area (Å²) in [6, 6.07) is 0. The molecule has 3 saturated heterocycles. The van der Waals surface area contributed by atoms with E-state index in [1.54, 1.807) is 0 Å². The summed E-state index contributed by atoms with van der Waals surface area (Å²) >= 11 is 0. The minimum Gasteiger partial charge on any atom is -0.550 e. The van der Waals surface area contributed by atoms with Crippen LogP contribution in [0.5, 0.6) is 0 Å². The zero-order chi connectivity index (χ0) is 22.2. The van der Waals surface area contributed by atoms with Crippen LogP contribution >= 0.6 is 0 Å². The maximum atomic E-state index is 12.4. The second kappa shape index (κ2) is 13.1. The molecule has 1 aliphatic carbocycles. The third kappa shape index (κ3) is 8.64. The predicted octanol–water partition coefficient (Wildman–Crippen LogP) is -15.1. The molecule has 0 atom stereocenters. The number of rotatable bonds is 8. The van der Waals surface area contributed by atoms with Gasteiger partial charge in [0.15, 0.2) is 0 Å². The predicted molar refractivity (Wildman–Crippen MR) is 89.0 cm³/mol. The number of Topliss-reactive ketones (excluding diaryl/α,β-unsaturated/α-hetero) is 1. The van der Waals surface area contributed by atoms with Gasteiger partial charge in [0.05, 0.1) is 11.7 Å². The van der Waals surface area contributed by atoms with Crippen LogP contribution in [0.25, 0.3) is 0 Å². The van der Waals surface area contributed by atoms with Crippen LogP contribution in [0.4, 0.5) is 0 Å². The number of allylic oxidation sites excluding steroid dienone is 1. The maximum Gasteiger partial charge on any atom is 1.00 e. The van der Waals surface area contributed by atoms with Gasteiger partial charge < -0.3 is 49.5 Å². The number of hydrogen-bond acceptors (Lipinski definition) is 12. The second-order valence-electron chi connectivity index (χ2n) is 7.30. The molecule has 3 heterocycles. The largest absolute Gasteiger partial charge is 1.00 e. The summed E-state index contributed by atoms with van der Waals surface area (Å²) in [4.78, 5) is 60.5. The minimum atomic E-state index is -2.97. The Balaban J connectivity index is 0.000000592. The van der Waals surface area contributed by atoms with Crippen molar-refractivity contribution in [1.29, 1.82) is 0 Å². The molecule has 0 amide bonds. The molecular formula is C18H18N3Na3O9. The molecule has 0 saturated carbocycles. The molecule has 0 aromatic carbocycles. The van der Waals surface area contributed by atoms with Gasteiger partial charge in [0.1, 0.15) is 17.0 Å². The average molecular weight is 489 g/mol. The van der Waals surface area contributed by atoms with Gasteiger partial charge in [0, 0.05) is 70.1 Å². The van der Waals surface area contributed by atoms with E-state index in [-0.39, 0.29) is 100 Å². The van der Waals surface area contributed by atoms with Crippen LogP contribution < -0.4 is 104 Å². The fourth-order valence-electron chi connectivity index (χ4n) is 2.96. The molecule has 4 aliphatic rings. The first-order valence-electron chi connectivity index (χ1n) is 9.17. The SMILES string of the molecule is O=C([O-])CC(O)(CC(=O)[O-])C(=O)[O-].O=C1C=C(N2CC2)C(=O)C(N2CC2)=C1N1CC1.[Na+].[Na+].[Na+]. The van der Waals surface area contributed by atoms with E-state index in [0.717, 1.165) is 39.3 Å². The van der Waals surface area contributed by atoms with Crippen LogP contribution in [-0.2, 0) is 24.0 Å². The summed E-state index contributed by atoms with van der Waals surface area (Å²) in [6.07, 6.45) is -1.19. The van der Waals surface area contributed by atoms with Crippen molar-refractivity contribution in [3.8, 4) is 0 Å². The van der Waals surface area contributed by atoms with Gasteiger partial charge in [-0.1, -0.05) is 0 Å². The zero-order valence-corrected chi connectivity index (χ0v) is 24.8. The van der Waals surface area contributed by atoms with Crippen molar-refractivity contribution in [2.75, 3.05) is 39.3 Å². The van der Waals surface area contributed by atoms with Crippen molar-refractivity contribution in [1.82, 2.24) is 14.7 Å². The second-order valence-corrected chi connectivity index (χ2v) is 7.30. The molecule has 3 aliphatic heterocycles. The molecule has 1 N–H and O–H groups in total.